The summed E-state index contributed by atoms with van der Waals surface area (Å²) >= 11 is 0. The smallest absolute Gasteiger partial charge is 0.257 e. The summed E-state index contributed by atoms with van der Waals surface area (Å²) in [6, 6.07) is 13.4. The predicted octanol–water partition coefficient (Wildman–Crippen LogP) is 3.86. The molecule has 0 aliphatic carbocycles. The van der Waals surface area contributed by atoms with Gasteiger partial charge >= 0.3 is 0 Å². The van der Waals surface area contributed by atoms with Crippen molar-refractivity contribution in [2.75, 3.05) is 24.0 Å². The van der Waals surface area contributed by atoms with E-state index in [0.29, 0.717) is 29.3 Å². The van der Waals surface area contributed by atoms with E-state index in [4.69, 9.17) is 9.47 Å². The molecule has 6 nitrogen and oxygen atoms in total. The molecule has 0 radical (unpaired) electrons. The normalized spacial score (nSPS) is 11.9. The molecule has 1 aliphatic rings. The Bertz CT molecular complexity index is 992. The molecule has 0 unspecified atom stereocenters. The summed E-state index contributed by atoms with van der Waals surface area (Å²) in [5.41, 5.74) is 2.81. The molecule has 3 aromatic rings. The number of fused-ring (bicyclic) bond motifs is 1. The van der Waals surface area contributed by atoms with Crippen LogP contribution >= 0.6 is 0 Å². The summed E-state index contributed by atoms with van der Waals surface area (Å²) in [5.74, 6) is 0.745. The number of anilines is 2. The molecule has 2 aromatic carbocycles. The van der Waals surface area contributed by atoms with Crippen LogP contribution in [0.5, 0.6) is 11.5 Å². The van der Waals surface area contributed by atoms with Crippen LogP contribution in [0.1, 0.15) is 15.9 Å². The lowest BCUT2D eigenvalue weighted by atomic mass is 10.1. The number of halogens is 1. The van der Waals surface area contributed by atoms with Crippen LogP contribution in [-0.2, 0) is 6.42 Å². The highest BCUT2D eigenvalue weighted by molar-refractivity contribution is 6.04. The van der Waals surface area contributed by atoms with Crippen molar-refractivity contribution in [2.45, 2.75) is 6.42 Å². The predicted molar refractivity (Wildman–Crippen MR) is 103 cm³/mol. The van der Waals surface area contributed by atoms with E-state index in [1.165, 1.54) is 18.3 Å². The highest BCUT2D eigenvalue weighted by Crippen LogP contribution is 2.34. The molecular weight excluding hydrogens is 361 g/mol. The lowest BCUT2D eigenvalue weighted by Crippen LogP contribution is -2.13. The second-order valence-electron chi connectivity index (χ2n) is 6.29. The maximum Gasteiger partial charge on any atom is 0.257 e. The minimum atomic E-state index is -0.270. The number of nitrogens with one attached hydrogen (secondary N) is 2. The molecule has 0 fully saturated rings. The van der Waals surface area contributed by atoms with Gasteiger partial charge in [-0.2, -0.15) is 0 Å². The molecule has 28 heavy (non-hydrogen) atoms. The van der Waals surface area contributed by atoms with Gasteiger partial charge in [-0.25, -0.2) is 4.39 Å². The van der Waals surface area contributed by atoms with Crippen molar-refractivity contribution in [3.8, 4) is 11.5 Å². The molecule has 1 aliphatic heterocycles. The van der Waals surface area contributed by atoms with Crippen molar-refractivity contribution in [3.63, 3.8) is 0 Å². The number of hydrogen-bond acceptors (Lipinski definition) is 5. The molecule has 2 heterocycles. The Kier molecular flexibility index (Phi) is 5.05. The Morgan fingerprint density at radius 1 is 1.00 bits per heavy atom. The standard InChI is InChI=1S/C21H18FN3O3/c22-16-3-1-14(2-4-16)7-8-24-18-9-15(11-23-12-18)21(26)25-17-5-6-19-20(10-17)28-13-27-19/h1-6,9-12,24H,7-8,13H2,(H,25,26). The van der Waals surface area contributed by atoms with Gasteiger partial charge in [-0.3, -0.25) is 9.78 Å². The fourth-order valence-corrected chi connectivity index (χ4v) is 2.84. The van der Waals surface area contributed by atoms with Gasteiger partial charge in [0.05, 0.1) is 11.3 Å². The average molecular weight is 379 g/mol. The third-order valence-electron chi connectivity index (χ3n) is 4.29. The van der Waals surface area contributed by atoms with E-state index in [-0.39, 0.29) is 18.5 Å². The summed E-state index contributed by atoms with van der Waals surface area (Å²) < 4.78 is 23.5. The molecule has 0 atom stereocenters. The molecule has 1 amide bonds. The van der Waals surface area contributed by atoms with E-state index in [1.807, 2.05) is 0 Å². The first-order valence-corrected chi connectivity index (χ1v) is 8.82. The van der Waals surface area contributed by atoms with Crippen molar-refractivity contribution in [2.24, 2.45) is 0 Å². The maximum absolute atomic E-state index is 12.9. The van der Waals surface area contributed by atoms with Crippen LogP contribution in [0.3, 0.4) is 0 Å². The SMILES string of the molecule is O=C(Nc1ccc2c(c1)OCO2)c1cncc(NCCc2ccc(F)cc2)c1. The van der Waals surface area contributed by atoms with Crippen molar-refractivity contribution in [1.29, 1.82) is 0 Å². The average Bonchev–Trinajstić information content (AvgIpc) is 3.18. The van der Waals surface area contributed by atoms with Crippen LogP contribution in [0.4, 0.5) is 15.8 Å². The summed E-state index contributed by atoms with van der Waals surface area (Å²) in [4.78, 5) is 16.6. The van der Waals surface area contributed by atoms with E-state index in [1.54, 1.807) is 42.6 Å². The van der Waals surface area contributed by atoms with Crippen LogP contribution in [0, 0.1) is 5.82 Å². The molecule has 2 N–H and O–H groups in total. The van der Waals surface area contributed by atoms with E-state index < -0.39 is 0 Å². The van der Waals surface area contributed by atoms with Crippen molar-refractivity contribution in [1.82, 2.24) is 4.98 Å². The number of aromatic nitrogens is 1. The molecule has 0 spiro atoms. The largest absolute Gasteiger partial charge is 0.454 e. The van der Waals surface area contributed by atoms with Gasteiger partial charge in [0.15, 0.2) is 11.5 Å². The zero-order chi connectivity index (χ0) is 19.3. The van der Waals surface area contributed by atoms with Gasteiger partial charge in [0.1, 0.15) is 5.82 Å². The molecule has 4 rings (SSSR count). The van der Waals surface area contributed by atoms with Crippen molar-refractivity contribution < 1.29 is 18.7 Å². The zero-order valence-electron chi connectivity index (χ0n) is 14.9. The van der Waals surface area contributed by atoms with E-state index in [2.05, 4.69) is 15.6 Å². The number of benzene rings is 2. The minimum Gasteiger partial charge on any atom is -0.454 e. The quantitative estimate of drug-likeness (QED) is 0.681. The van der Waals surface area contributed by atoms with Gasteiger partial charge < -0.3 is 20.1 Å². The van der Waals surface area contributed by atoms with Gasteiger partial charge in [-0.15, -0.1) is 0 Å². The number of amides is 1. The highest BCUT2D eigenvalue weighted by Gasteiger charge is 2.15. The van der Waals surface area contributed by atoms with Gasteiger partial charge in [-0.1, -0.05) is 12.1 Å². The van der Waals surface area contributed by atoms with E-state index >= 15 is 0 Å². The number of pyridine rings is 1. The minimum absolute atomic E-state index is 0.183. The Labute approximate surface area is 161 Å². The first kappa shape index (κ1) is 17.8. The summed E-state index contributed by atoms with van der Waals surface area (Å²) in [5, 5.41) is 6.05. The summed E-state index contributed by atoms with van der Waals surface area (Å²) in [6.07, 6.45) is 3.89. The highest BCUT2D eigenvalue weighted by atomic mass is 19.1. The van der Waals surface area contributed by atoms with Gasteiger partial charge in [0.2, 0.25) is 6.79 Å². The number of nitrogens with zero attached hydrogens (tertiary/aromatic N) is 1. The number of ether oxygens (including phenoxy) is 2. The van der Waals surface area contributed by atoms with Crippen molar-refractivity contribution >= 4 is 17.3 Å². The van der Waals surface area contributed by atoms with Gasteiger partial charge in [0.25, 0.3) is 5.91 Å². The fraction of sp³-hybridized carbons (Fsp3) is 0.143. The van der Waals surface area contributed by atoms with E-state index in [9.17, 15) is 9.18 Å². The molecule has 0 saturated carbocycles. The monoisotopic (exact) mass is 379 g/mol. The summed E-state index contributed by atoms with van der Waals surface area (Å²) in [6.45, 7) is 0.822. The number of hydrogen-bond donors (Lipinski definition) is 2. The Morgan fingerprint density at radius 3 is 2.68 bits per heavy atom. The van der Waals surface area contributed by atoms with Gasteiger partial charge in [0, 0.05) is 30.7 Å². The molecule has 142 valence electrons. The lowest BCUT2D eigenvalue weighted by molar-refractivity contribution is 0.102. The first-order valence-electron chi connectivity index (χ1n) is 8.82. The zero-order valence-corrected chi connectivity index (χ0v) is 14.9. The number of rotatable bonds is 6. The van der Waals surface area contributed by atoms with Crippen LogP contribution in [-0.4, -0.2) is 24.2 Å². The maximum atomic E-state index is 12.9. The fourth-order valence-electron chi connectivity index (χ4n) is 2.84. The van der Waals surface area contributed by atoms with Crippen molar-refractivity contribution in [3.05, 3.63) is 77.9 Å². The Balaban J connectivity index is 1.36. The molecular formula is C21H18FN3O3. The van der Waals surface area contributed by atoms with Gasteiger partial charge in [-0.05, 0) is 42.3 Å². The first-order chi connectivity index (χ1) is 13.7. The molecule has 0 bridgehead atoms. The summed E-state index contributed by atoms with van der Waals surface area (Å²) in [7, 11) is 0. The molecule has 0 saturated heterocycles. The molecule has 1 aromatic heterocycles. The van der Waals surface area contributed by atoms with Crippen LogP contribution in [0.2, 0.25) is 0 Å². The lowest BCUT2D eigenvalue weighted by Gasteiger charge is -2.09. The number of carbonyl (C=O) groups is 1. The second-order valence-corrected chi connectivity index (χ2v) is 6.29. The second kappa shape index (κ2) is 7.96. The van der Waals surface area contributed by atoms with E-state index in [0.717, 1.165) is 17.7 Å². The van der Waals surface area contributed by atoms with Crippen LogP contribution in [0.15, 0.2) is 60.9 Å². The number of carbonyl (C=O) groups excluding carboxylic acids is 1. The van der Waals surface area contributed by atoms with Crippen LogP contribution in [0.25, 0.3) is 0 Å². The molecule has 7 heteroatoms. The third kappa shape index (κ3) is 4.20. The topological polar surface area (TPSA) is 72.5 Å². The third-order valence-corrected chi connectivity index (χ3v) is 4.29. The Morgan fingerprint density at radius 2 is 1.82 bits per heavy atom. The van der Waals surface area contributed by atoms with Crippen LogP contribution < -0.4 is 20.1 Å². The Hall–Kier alpha value is -3.61.